The minimum absolute atomic E-state index is 0.123. The van der Waals surface area contributed by atoms with Crippen molar-refractivity contribution >= 4 is 29.3 Å². The monoisotopic (exact) mass is 538 g/mol. The van der Waals surface area contributed by atoms with Crippen LogP contribution in [-0.2, 0) is 9.47 Å². The Labute approximate surface area is 225 Å². The lowest BCUT2D eigenvalue weighted by molar-refractivity contribution is -0.00144. The molecule has 1 aromatic carbocycles. The van der Waals surface area contributed by atoms with Crippen molar-refractivity contribution in [2.75, 3.05) is 59.3 Å². The largest absolute Gasteiger partial charge is 0.496 e. The number of carbonyl (C=O) groups excluding carboxylic acids is 2. The van der Waals surface area contributed by atoms with E-state index < -0.39 is 0 Å². The number of benzene rings is 1. The Balaban J connectivity index is 1.44. The number of carbonyl (C=O) groups is 2. The van der Waals surface area contributed by atoms with Crippen molar-refractivity contribution in [3.63, 3.8) is 0 Å². The average molecular weight is 539 g/mol. The van der Waals surface area contributed by atoms with Crippen LogP contribution in [0.4, 0.5) is 10.5 Å². The molecule has 2 amide bonds. The van der Waals surface area contributed by atoms with Gasteiger partial charge in [0.15, 0.2) is 0 Å². The Morgan fingerprint density at radius 3 is 2.54 bits per heavy atom. The Morgan fingerprint density at radius 1 is 1.16 bits per heavy atom. The van der Waals surface area contributed by atoms with Gasteiger partial charge in [-0.3, -0.25) is 4.79 Å². The lowest BCUT2D eigenvalue weighted by atomic mass is 9.94. The number of piperidine rings is 2. The Kier molecular flexibility index (Phi) is 11.2. The summed E-state index contributed by atoms with van der Waals surface area (Å²) in [6.45, 7) is 8.88. The molecule has 37 heavy (non-hydrogen) atoms. The number of hydrogen-bond donors (Lipinski definition) is 2. The predicted octanol–water partition coefficient (Wildman–Crippen LogP) is 4.03. The molecule has 2 heterocycles. The number of nitrogens with two attached hydrogens (primary N) is 1. The zero-order chi connectivity index (χ0) is 26.9. The maximum Gasteiger partial charge on any atom is 0.409 e. The molecular weight excluding hydrogens is 496 g/mol. The van der Waals surface area contributed by atoms with E-state index in [4.69, 9.17) is 31.5 Å². The third kappa shape index (κ3) is 8.38. The molecule has 2 aliphatic rings. The van der Waals surface area contributed by atoms with Gasteiger partial charge >= 0.3 is 6.09 Å². The Bertz CT molecular complexity index is 907. The highest BCUT2D eigenvalue weighted by Gasteiger charge is 2.33. The SMILES string of the molecule is COc1cc(N)c(Cl)cc1C(=O)NC1CCN(CC2CCN(C(=O)OCCCC(C)C)CC2)CC1OC. The zero-order valence-electron chi connectivity index (χ0n) is 22.6. The van der Waals surface area contributed by atoms with Crippen LogP contribution in [0.2, 0.25) is 5.02 Å². The molecule has 208 valence electrons. The van der Waals surface area contributed by atoms with Crippen LogP contribution in [0, 0.1) is 11.8 Å². The number of rotatable bonds is 10. The third-order valence-corrected chi connectivity index (χ3v) is 7.69. The molecule has 2 atom stereocenters. The molecule has 9 nitrogen and oxygen atoms in total. The molecule has 10 heteroatoms. The topological polar surface area (TPSA) is 106 Å². The Hall–Kier alpha value is -2.23. The van der Waals surface area contributed by atoms with Gasteiger partial charge in [0.05, 0.1) is 42.1 Å². The maximum absolute atomic E-state index is 13.0. The summed E-state index contributed by atoms with van der Waals surface area (Å²) in [4.78, 5) is 29.6. The molecule has 2 unspecified atom stereocenters. The van der Waals surface area contributed by atoms with Gasteiger partial charge in [-0.05, 0) is 50.0 Å². The summed E-state index contributed by atoms with van der Waals surface area (Å²) < 4.78 is 16.5. The van der Waals surface area contributed by atoms with E-state index in [0.29, 0.717) is 40.5 Å². The second-order valence-corrected chi connectivity index (χ2v) is 11.0. The number of methoxy groups -OCH3 is 2. The van der Waals surface area contributed by atoms with Gasteiger partial charge in [0.25, 0.3) is 5.91 Å². The van der Waals surface area contributed by atoms with Gasteiger partial charge in [-0.15, -0.1) is 0 Å². The molecule has 0 radical (unpaired) electrons. The van der Waals surface area contributed by atoms with E-state index in [1.54, 1.807) is 13.2 Å². The molecule has 0 aromatic heterocycles. The van der Waals surface area contributed by atoms with Crippen molar-refractivity contribution in [2.24, 2.45) is 11.8 Å². The first kappa shape index (κ1) is 29.3. The Morgan fingerprint density at radius 2 is 1.89 bits per heavy atom. The van der Waals surface area contributed by atoms with Crippen LogP contribution in [0.5, 0.6) is 5.75 Å². The van der Waals surface area contributed by atoms with Crippen LogP contribution in [-0.4, -0.2) is 87.5 Å². The first-order valence-electron chi connectivity index (χ1n) is 13.3. The molecule has 3 rings (SSSR count). The number of likely N-dealkylation sites (tertiary alicyclic amines) is 2. The molecule has 0 spiro atoms. The summed E-state index contributed by atoms with van der Waals surface area (Å²) in [6.07, 6.45) is 4.38. The summed E-state index contributed by atoms with van der Waals surface area (Å²) >= 11 is 6.14. The highest BCUT2D eigenvalue weighted by atomic mass is 35.5. The predicted molar refractivity (Wildman–Crippen MR) is 145 cm³/mol. The fourth-order valence-electron chi connectivity index (χ4n) is 5.12. The van der Waals surface area contributed by atoms with Crippen LogP contribution < -0.4 is 15.8 Å². The fraction of sp³-hybridized carbons (Fsp3) is 0.704. The van der Waals surface area contributed by atoms with Gasteiger partial charge < -0.3 is 35.1 Å². The van der Waals surface area contributed by atoms with Gasteiger partial charge in [-0.2, -0.15) is 0 Å². The van der Waals surface area contributed by atoms with E-state index in [0.717, 1.165) is 64.8 Å². The van der Waals surface area contributed by atoms with Gasteiger partial charge in [0.1, 0.15) is 5.75 Å². The van der Waals surface area contributed by atoms with Gasteiger partial charge in [0, 0.05) is 45.9 Å². The number of amides is 2. The fourth-order valence-corrected chi connectivity index (χ4v) is 5.28. The number of nitrogens with one attached hydrogen (secondary N) is 1. The van der Waals surface area contributed by atoms with E-state index in [-0.39, 0.29) is 24.1 Å². The first-order chi connectivity index (χ1) is 17.7. The lowest BCUT2D eigenvalue weighted by Gasteiger charge is -2.40. The van der Waals surface area contributed by atoms with Crippen LogP contribution in [0.15, 0.2) is 12.1 Å². The number of halogens is 1. The summed E-state index contributed by atoms with van der Waals surface area (Å²) in [5, 5.41) is 3.41. The quantitative estimate of drug-likeness (QED) is 0.342. The summed E-state index contributed by atoms with van der Waals surface area (Å²) in [5.41, 5.74) is 6.56. The molecule has 0 bridgehead atoms. The molecule has 1 aromatic rings. The van der Waals surface area contributed by atoms with Crippen molar-refractivity contribution < 1.29 is 23.8 Å². The normalized spacial score (nSPS) is 21.2. The highest BCUT2D eigenvalue weighted by Crippen LogP contribution is 2.29. The van der Waals surface area contributed by atoms with E-state index >= 15 is 0 Å². The van der Waals surface area contributed by atoms with Gasteiger partial charge in [0.2, 0.25) is 0 Å². The van der Waals surface area contributed by atoms with Crippen molar-refractivity contribution in [3.05, 3.63) is 22.7 Å². The summed E-state index contributed by atoms with van der Waals surface area (Å²) in [7, 11) is 3.18. The molecule has 2 fully saturated rings. The van der Waals surface area contributed by atoms with Crippen LogP contribution >= 0.6 is 11.6 Å². The second kappa shape index (κ2) is 14.1. The number of hydrogen-bond acceptors (Lipinski definition) is 7. The van der Waals surface area contributed by atoms with Crippen LogP contribution in [0.1, 0.15) is 56.3 Å². The average Bonchev–Trinajstić information content (AvgIpc) is 2.88. The lowest BCUT2D eigenvalue weighted by Crippen LogP contribution is -2.55. The van der Waals surface area contributed by atoms with Crippen molar-refractivity contribution in [3.8, 4) is 5.75 Å². The number of anilines is 1. The molecule has 2 aliphatic heterocycles. The number of ether oxygens (including phenoxy) is 3. The van der Waals surface area contributed by atoms with E-state index in [2.05, 4.69) is 24.1 Å². The molecule has 2 saturated heterocycles. The van der Waals surface area contributed by atoms with Crippen molar-refractivity contribution in [1.82, 2.24) is 15.1 Å². The second-order valence-electron chi connectivity index (χ2n) is 10.6. The van der Waals surface area contributed by atoms with Gasteiger partial charge in [-0.25, -0.2) is 4.79 Å². The van der Waals surface area contributed by atoms with Crippen molar-refractivity contribution in [1.29, 1.82) is 0 Å². The van der Waals surface area contributed by atoms with Crippen molar-refractivity contribution in [2.45, 2.75) is 58.1 Å². The van der Waals surface area contributed by atoms with Crippen LogP contribution in [0.25, 0.3) is 0 Å². The minimum atomic E-state index is -0.261. The number of nitrogens with zero attached hydrogens (tertiary/aromatic N) is 2. The smallest absolute Gasteiger partial charge is 0.409 e. The minimum Gasteiger partial charge on any atom is -0.496 e. The van der Waals surface area contributed by atoms with Crippen LogP contribution in [0.3, 0.4) is 0 Å². The standard InChI is InChI=1S/C27H43ClN4O5/c1-18(2)6-5-13-37-27(34)32-11-7-19(8-12-32)16-31-10-9-23(25(17-31)36-4)30-26(33)20-14-21(28)22(29)15-24(20)35-3/h14-15,18-19,23,25H,5-13,16-17,29H2,1-4H3,(H,30,33). The molecule has 3 N–H and O–H groups in total. The maximum atomic E-state index is 13.0. The first-order valence-corrected chi connectivity index (χ1v) is 13.7. The zero-order valence-corrected chi connectivity index (χ0v) is 23.4. The molecule has 0 saturated carbocycles. The van der Waals surface area contributed by atoms with E-state index in [9.17, 15) is 9.59 Å². The molecule has 0 aliphatic carbocycles. The molecular formula is C27H43ClN4O5. The van der Waals surface area contributed by atoms with E-state index in [1.165, 1.54) is 13.2 Å². The summed E-state index contributed by atoms with van der Waals surface area (Å²) in [5.74, 6) is 1.27. The van der Waals surface area contributed by atoms with Gasteiger partial charge in [-0.1, -0.05) is 25.4 Å². The third-order valence-electron chi connectivity index (χ3n) is 7.37. The highest BCUT2D eigenvalue weighted by molar-refractivity contribution is 6.33. The van der Waals surface area contributed by atoms with E-state index in [1.807, 2.05) is 4.90 Å². The summed E-state index contributed by atoms with van der Waals surface area (Å²) in [6, 6.07) is 2.98. The number of nitrogen functional groups attached to an aromatic ring is 1.